The summed E-state index contributed by atoms with van der Waals surface area (Å²) in [6.07, 6.45) is 3.07. The minimum Gasteiger partial charge on any atom is -0.454 e. The summed E-state index contributed by atoms with van der Waals surface area (Å²) in [5.41, 5.74) is 3.60. The fourth-order valence-electron chi connectivity index (χ4n) is 5.32. The van der Waals surface area contributed by atoms with E-state index in [4.69, 9.17) is 9.47 Å². The molecule has 172 valence electrons. The van der Waals surface area contributed by atoms with Gasteiger partial charge in [0.15, 0.2) is 11.5 Å². The van der Waals surface area contributed by atoms with E-state index in [-0.39, 0.29) is 24.6 Å². The average molecular weight is 449 g/mol. The van der Waals surface area contributed by atoms with E-state index in [9.17, 15) is 9.59 Å². The Kier molecular flexibility index (Phi) is 5.10. The molecular weight excluding hydrogens is 420 g/mol. The molecule has 0 bridgehead atoms. The van der Waals surface area contributed by atoms with Crippen LogP contribution in [0.3, 0.4) is 0 Å². The van der Waals surface area contributed by atoms with E-state index in [1.165, 1.54) is 5.56 Å². The fourth-order valence-corrected chi connectivity index (χ4v) is 5.32. The number of anilines is 2. The van der Waals surface area contributed by atoms with Crippen molar-refractivity contribution in [3.63, 3.8) is 0 Å². The molecule has 8 nitrogen and oxygen atoms in total. The first-order valence-electron chi connectivity index (χ1n) is 11.8. The lowest BCUT2D eigenvalue weighted by molar-refractivity contribution is -0.118. The monoisotopic (exact) mass is 448 g/mol. The Bertz CT molecular complexity index is 1100. The standard InChI is InChI=1S/C25H28N4O4/c30-24-21-3-1-2-8-29(21)20-6-5-18(14-19(20)26-24)25(31)28-11-9-27(10-12-28)15-17-4-7-22-23(13-17)33-16-32-22/h4-7,13-14,21H,1-3,8-12,15-16H2,(H,26,30)/t21-/m0/s1. The van der Waals surface area contributed by atoms with E-state index in [0.717, 1.165) is 68.3 Å². The molecule has 1 atom stereocenters. The lowest BCUT2D eigenvalue weighted by Crippen LogP contribution is -2.50. The van der Waals surface area contributed by atoms with Crippen molar-refractivity contribution in [2.24, 2.45) is 0 Å². The van der Waals surface area contributed by atoms with Crippen LogP contribution in [0.4, 0.5) is 11.4 Å². The highest BCUT2D eigenvalue weighted by atomic mass is 16.7. The number of nitrogens with zero attached hydrogens (tertiary/aromatic N) is 3. The number of fused-ring (bicyclic) bond motifs is 4. The molecule has 2 amide bonds. The lowest BCUT2D eigenvalue weighted by atomic mass is 9.96. The van der Waals surface area contributed by atoms with Crippen molar-refractivity contribution >= 4 is 23.2 Å². The quantitative estimate of drug-likeness (QED) is 0.778. The van der Waals surface area contributed by atoms with Crippen LogP contribution in [0.25, 0.3) is 0 Å². The number of piperidine rings is 1. The maximum Gasteiger partial charge on any atom is 0.254 e. The normalized spacial score (nSPS) is 21.9. The Hall–Kier alpha value is -3.26. The van der Waals surface area contributed by atoms with Crippen LogP contribution in [-0.2, 0) is 11.3 Å². The van der Waals surface area contributed by atoms with Gasteiger partial charge in [-0.25, -0.2) is 0 Å². The lowest BCUT2D eigenvalue weighted by Gasteiger charge is -2.41. The summed E-state index contributed by atoms with van der Waals surface area (Å²) >= 11 is 0. The van der Waals surface area contributed by atoms with Crippen molar-refractivity contribution in [1.29, 1.82) is 0 Å². The topological polar surface area (TPSA) is 74.4 Å². The number of hydrogen-bond acceptors (Lipinski definition) is 6. The molecule has 0 saturated carbocycles. The number of rotatable bonds is 3. The molecular formula is C25H28N4O4. The van der Waals surface area contributed by atoms with Gasteiger partial charge in [-0.15, -0.1) is 0 Å². The van der Waals surface area contributed by atoms with Crippen LogP contribution >= 0.6 is 0 Å². The number of carbonyl (C=O) groups excluding carboxylic acids is 2. The maximum absolute atomic E-state index is 13.2. The number of hydrogen-bond donors (Lipinski definition) is 1. The highest BCUT2D eigenvalue weighted by Crippen LogP contribution is 2.37. The number of benzene rings is 2. The van der Waals surface area contributed by atoms with E-state index in [0.29, 0.717) is 18.7 Å². The third kappa shape index (κ3) is 3.78. The van der Waals surface area contributed by atoms with Crippen LogP contribution in [0, 0.1) is 0 Å². The van der Waals surface area contributed by atoms with Gasteiger partial charge in [0.05, 0.1) is 11.4 Å². The second-order valence-corrected chi connectivity index (χ2v) is 9.18. The van der Waals surface area contributed by atoms with Crippen LogP contribution in [0.15, 0.2) is 36.4 Å². The Balaban J connectivity index is 1.10. The third-order valence-corrected chi connectivity index (χ3v) is 7.12. The van der Waals surface area contributed by atoms with Crippen molar-refractivity contribution < 1.29 is 19.1 Å². The highest BCUT2D eigenvalue weighted by molar-refractivity contribution is 6.05. The summed E-state index contributed by atoms with van der Waals surface area (Å²) in [6.45, 7) is 4.99. The number of ether oxygens (including phenoxy) is 2. The molecule has 0 radical (unpaired) electrons. The number of carbonyl (C=O) groups is 2. The average Bonchev–Trinajstić information content (AvgIpc) is 3.32. The molecule has 0 spiro atoms. The second-order valence-electron chi connectivity index (χ2n) is 9.18. The Morgan fingerprint density at radius 2 is 1.82 bits per heavy atom. The van der Waals surface area contributed by atoms with E-state index >= 15 is 0 Å². The van der Waals surface area contributed by atoms with Crippen LogP contribution in [-0.4, -0.2) is 67.2 Å². The van der Waals surface area contributed by atoms with E-state index in [1.807, 2.05) is 35.2 Å². The Morgan fingerprint density at radius 1 is 0.970 bits per heavy atom. The summed E-state index contributed by atoms with van der Waals surface area (Å²) in [5, 5.41) is 3.03. The van der Waals surface area contributed by atoms with Gasteiger partial charge < -0.3 is 24.6 Å². The van der Waals surface area contributed by atoms with Gasteiger partial charge in [-0.3, -0.25) is 14.5 Å². The summed E-state index contributed by atoms with van der Waals surface area (Å²) in [7, 11) is 0. The van der Waals surface area contributed by atoms with E-state index in [1.54, 1.807) is 0 Å². The predicted molar refractivity (Wildman–Crippen MR) is 124 cm³/mol. The molecule has 2 aromatic carbocycles. The zero-order valence-electron chi connectivity index (χ0n) is 18.6. The summed E-state index contributed by atoms with van der Waals surface area (Å²) in [5.74, 6) is 1.67. The predicted octanol–water partition coefficient (Wildman–Crippen LogP) is 2.68. The molecule has 4 aliphatic rings. The summed E-state index contributed by atoms with van der Waals surface area (Å²) in [6, 6.07) is 11.7. The molecule has 8 heteroatoms. The maximum atomic E-state index is 13.2. The molecule has 0 unspecified atom stereocenters. The summed E-state index contributed by atoms with van der Waals surface area (Å²) < 4.78 is 10.9. The van der Waals surface area contributed by atoms with Gasteiger partial charge in [-0.05, 0) is 55.2 Å². The first-order chi connectivity index (χ1) is 16.2. The number of amides is 2. The zero-order valence-corrected chi connectivity index (χ0v) is 18.6. The second kappa shape index (κ2) is 8.26. The SMILES string of the molecule is O=C1Nc2cc(C(=O)N3CCN(Cc4ccc5c(c4)OCO5)CC3)ccc2N2CCCC[C@@H]12. The highest BCUT2D eigenvalue weighted by Gasteiger charge is 2.35. The van der Waals surface area contributed by atoms with E-state index < -0.39 is 0 Å². The van der Waals surface area contributed by atoms with Crippen molar-refractivity contribution in [2.75, 3.05) is 49.7 Å². The first kappa shape index (κ1) is 20.4. The molecule has 6 rings (SSSR count). The minimum absolute atomic E-state index is 0.0237. The smallest absolute Gasteiger partial charge is 0.254 e. The molecule has 4 aliphatic heterocycles. The molecule has 2 fully saturated rings. The van der Waals surface area contributed by atoms with Crippen molar-refractivity contribution in [2.45, 2.75) is 31.8 Å². The third-order valence-electron chi connectivity index (χ3n) is 7.12. The first-order valence-corrected chi connectivity index (χ1v) is 11.8. The minimum atomic E-state index is -0.0781. The van der Waals surface area contributed by atoms with Crippen molar-refractivity contribution in [3.8, 4) is 11.5 Å². The summed E-state index contributed by atoms with van der Waals surface area (Å²) in [4.78, 5) is 32.2. The molecule has 1 N–H and O–H groups in total. The van der Waals surface area contributed by atoms with Crippen LogP contribution in [0.1, 0.15) is 35.2 Å². The Labute approximate surface area is 193 Å². The zero-order chi connectivity index (χ0) is 22.4. The molecule has 2 aromatic rings. The van der Waals surface area contributed by atoms with Gasteiger partial charge in [0.2, 0.25) is 12.7 Å². The fraction of sp³-hybridized carbons (Fsp3) is 0.440. The van der Waals surface area contributed by atoms with Gasteiger partial charge in [-0.2, -0.15) is 0 Å². The molecule has 33 heavy (non-hydrogen) atoms. The van der Waals surface area contributed by atoms with Crippen molar-refractivity contribution in [1.82, 2.24) is 9.80 Å². The van der Waals surface area contributed by atoms with Crippen LogP contribution in [0.5, 0.6) is 11.5 Å². The molecule has 2 saturated heterocycles. The molecule has 0 aliphatic carbocycles. The number of piperazine rings is 1. The van der Waals surface area contributed by atoms with Gasteiger partial charge in [-0.1, -0.05) is 6.07 Å². The van der Waals surface area contributed by atoms with Crippen molar-refractivity contribution in [3.05, 3.63) is 47.5 Å². The number of nitrogens with one attached hydrogen (secondary N) is 1. The van der Waals surface area contributed by atoms with Crippen LogP contribution in [0.2, 0.25) is 0 Å². The van der Waals surface area contributed by atoms with Gasteiger partial charge in [0.1, 0.15) is 6.04 Å². The van der Waals surface area contributed by atoms with Gasteiger partial charge >= 0.3 is 0 Å². The molecule has 0 aromatic heterocycles. The van der Waals surface area contributed by atoms with Gasteiger partial charge in [0, 0.05) is 44.8 Å². The largest absolute Gasteiger partial charge is 0.454 e. The Morgan fingerprint density at radius 3 is 2.70 bits per heavy atom. The molecule has 4 heterocycles. The van der Waals surface area contributed by atoms with E-state index in [2.05, 4.69) is 21.2 Å². The van der Waals surface area contributed by atoms with Gasteiger partial charge in [0.25, 0.3) is 5.91 Å². The van der Waals surface area contributed by atoms with Crippen LogP contribution < -0.4 is 19.7 Å².